The summed E-state index contributed by atoms with van der Waals surface area (Å²) in [6.45, 7) is 2.65. The number of allylic oxidation sites excluding steroid dienone is 1. The van der Waals surface area contributed by atoms with Gasteiger partial charge in [-0.1, -0.05) is 48.5 Å². The number of methoxy groups -OCH3 is 1. The van der Waals surface area contributed by atoms with Crippen molar-refractivity contribution < 1.29 is 23.8 Å². The molecule has 1 aliphatic carbocycles. The van der Waals surface area contributed by atoms with E-state index in [0.29, 0.717) is 6.54 Å². The topological polar surface area (TPSA) is 65.1 Å². The van der Waals surface area contributed by atoms with Gasteiger partial charge in [0.2, 0.25) is 0 Å². The van der Waals surface area contributed by atoms with E-state index >= 15 is 0 Å². The van der Waals surface area contributed by atoms with Crippen molar-refractivity contribution in [3.8, 4) is 5.75 Å². The number of amides is 1. The summed E-state index contributed by atoms with van der Waals surface area (Å²) < 4.78 is 16.1. The Kier molecular flexibility index (Phi) is 6.26. The molecular weight excluding hydrogens is 394 g/mol. The summed E-state index contributed by atoms with van der Waals surface area (Å²) in [5, 5.41) is 0. The molecule has 162 valence electrons. The van der Waals surface area contributed by atoms with Gasteiger partial charge in [-0.3, -0.25) is 4.90 Å². The van der Waals surface area contributed by atoms with Crippen molar-refractivity contribution in [3.63, 3.8) is 0 Å². The standard InChI is InChI=1S/C25H27NO5/c1-3-30-24(27)23-21-14-13-20(18-9-11-19(29-2)12-10-18)22(21)15-26(23)25(28)31-16-17-7-5-4-6-8-17/h4-13,21-23H,3,14-16H2,1-2H3/t21-,22+,23-/m0/s1. The molecule has 1 heterocycles. The van der Waals surface area contributed by atoms with Crippen molar-refractivity contribution in [1.82, 2.24) is 4.90 Å². The molecule has 0 radical (unpaired) electrons. The molecule has 2 aromatic rings. The molecule has 1 aliphatic heterocycles. The highest BCUT2D eigenvalue weighted by atomic mass is 16.6. The van der Waals surface area contributed by atoms with Gasteiger partial charge in [0, 0.05) is 18.4 Å². The molecule has 0 aromatic heterocycles. The minimum atomic E-state index is -0.639. The van der Waals surface area contributed by atoms with Crippen molar-refractivity contribution in [1.29, 1.82) is 0 Å². The highest BCUT2D eigenvalue weighted by molar-refractivity contribution is 5.85. The van der Waals surface area contributed by atoms with Crippen LogP contribution in [0.3, 0.4) is 0 Å². The van der Waals surface area contributed by atoms with Gasteiger partial charge in [0.1, 0.15) is 18.4 Å². The van der Waals surface area contributed by atoms with E-state index in [2.05, 4.69) is 6.08 Å². The Bertz CT molecular complexity index is 954. The van der Waals surface area contributed by atoms with E-state index in [-0.39, 0.29) is 31.0 Å². The predicted molar refractivity (Wildman–Crippen MR) is 116 cm³/mol. The van der Waals surface area contributed by atoms with Crippen LogP contribution in [0.1, 0.15) is 24.5 Å². The zero-order valence-corrected chi connectivity index (χ0v) is 17.8. The number of likely N-dealkylation sites (tertiary alicyclic amines) is 1. The lowest BCUT2D eigenvalue weighted by Crippen LogP contribution is -2.44. The number of hydrogen-bond acceptors (Lipinski definition) is 5. The van der Waals surface area contributed by atoms with Crippen LogP contribution >= 0.6 is 0 Å². The predicted octanol–water partition coefficient (Wildman–Crippen LogP) is 4.30. The van der Waals surface area contributed by atoms with Gasteiger partial charge in [0.25, 0.3) is 0 Å². The molecule has 6 heteroatoms. The van der Waals surface area contributed by atoms with Crippen LogP contribution in [-0.4, -0.2) is 43.3 Å². The summed E-state index contributed by atoms with van der Waals surface area (Å²) in [5.41, 5.74) is 3.14. The van der Waals surface area contributed by atoms with Crippen molar-refractivity contribution in [2.45, 2.75) is 26.0 Å². The zero-order valence-electron chi connectivity index (χ0n) is 17.8. The van der Waals surface area contributed by atoms with E-state index in [1.807, 2.05) is 54.6 Å². The highest BCUT2D eigenvalue weighted by Gasteiger charge is 2.52. The molecule has 2 aromatic carbocycles. The van der Waals surface area contributed by atoms with E-state index in [1.54, 1.807) is 18.9 Å². The van der Waals surface area contributed by atoms with Crippen LogP contribution in [0.15, 0.2) is 60.7 Å². The molecule has 6 nitrogen and oxygen atoms in total. The summed E-state index contributed by atoms with van der Waals surface area (Å²) in [4.78, 5) is 27.3. The lowest BCUT2D eigenvalue weighted by Gasteiger charge is -2.25. The number of benzene rings is 2. The number of carbonyl (C=O) groups is 2. The number of ether oxygens (including phenoxy) is 3. The maximum absolute atomic E-state index is 13.0. The lowest BCUT2D eigenvalue weighted by molar-refractivity contribution is -0.149. The summed E-state index contributed by atoms with van der Waals surface area (Å²) >= 11 is 0. The Labute approximate surface area is 182 Å². The maximum Gasteiger partial charge on any atom is 0.410 e. The summed E-state index contributed by atoms with van der Waals surface area (Å²) in [6.07, 6.45) is 2.42. The van der Waals surface area contributed by atoms with Crippen molar-refractivity contribution in [3.05, 3.63) is 71.8 Å². The second-order valence-corrected chi connectivity index (χ2v) is 7.78. The van der Waals surface area contributed by atoms with Gasteiger partial charge in [0.05, 0.1) is 13.7 Å². The minimum Gasteiger partial charge on any atom is -0.497 e. The molecule has 31 heavy (non-hydrogen) atoms. The Morgan fingerprint density at radius 2 is 1.77 bits per heavy atom. The maximum atomic E-state index is 13.0. The fourth-order valence-electron chi connectivity index (χ4n) is 4.58. The average Bonchev–Trinajstić information content (AvgIpc) is 3.38. The quantitative estimate of drug-likeness (QED) is 0.651. The Balaban J connectivity index is 1.53. The Morgan fingerprint density at radius 3 is 2.45 bits per heavy atom. The first-order valence-electron chi connectivity index (χ1n) is 10.6. The fraction of sp³-hybridized carbons (Fsp3) is 0.360. The molecule has 0 spiro atoms. The lowest BCUT2D eigenvalue weighted by atomic mass is 9.87. The number of rotatable bonds is 6. The number of esters is 1. The summed E-state index contributed by atoms with van der Waals surface area (Å²) in [5.74, 6) is 0.476. The van der Waals surface area contributed by atoms with Crippen LogP contribution < -0.4 is 4.74 Å². The van der Waals surface area contributed by atoms with Gasteiger partial charge in [-0.25, -0.2) is 9.59 Å². The first-order chi connectivity index (χ1) is 15.1. The third kappa shape index (κ3) is 4.29. The first-order valence-corrected chi connectivity index (χ1v) is 10.6. The van der Waals surface area contributed by atoms with Gasteiger partial charge in [0.15, 0.2) is 0 Å². The molecule has 2 aliphatic rings. The SMILES string of the molecule is CCOC(=O)[C@@H]1[C@H]2CC=C(c3ccc(OC)cc3)[C@H]2CN1C(=O)OCc1ccccc1. The van der Waals surface area contributed by atoms with Crippen LogP contribution in [0.4, 0.5) is 4.79 Å². The van der Waals surface area contributed by atoms with E-state index in [4.69, 9.17) is 14.2 Å². The number of hydrogen-bond donors (Lipinski definition) is 0. The van der Waals surface area contributed by atoms with Crippen molar-refractivity contribution in [2.75, 3.05) is 20.3 Å². The minimum absolute atomic E-state index is 0.0135. The summed E-state index contributed by atoms with van der Waals surface area (Å²) in [6, 6.07) is 16.8. The zero-order chi connectivity index (χ0) is 21.8. The van der Waals surface area contributed by atoms with E-state index in [1.165, 1.54) is 0 Å². The first kappa shape index (κ1) is 21.0. The van der Waals surface area contributed by atoms with Crippen molar-refractivity contribution >= 4 is 17.6 Å². The van der Waals surface area contributed by atoms with Gasteiger partial charge in [-0.05, 0) is 42.2 Å². The number of carbonyl (C=O) groups excluding carboxylic acids is 2. The van der Waals surface area contributed by atoms with E-state index in [0.717, 1.165) is 28.9 Å². The van der Waals surface area contributed by atoms with E-state index < -0.39 is 12.1 Å². The largest absolute Gasteiger partial charge is 0.497 e. The fourth-order valence-corrected chi connectivity index (χ4v) is 4.58. The normalized spacial score (nSPS) is 21.9. The summed E-state index contributed by atoms with van der Waals surface area (Å²) in [7, 11) is 1.64. The van der Waals surface area contributed by atoms with E-state index in [9.17, 15) is 9.59 Å². The van der Waals surface area contributed by atoms with Crippen LogP contribution in [0.25, 0.3) is 5.57 Å². The number of nitrogens with zero attached hydrogens (tertiary/aromatic N) is 1. The molecule has 1 amide bonds. The molecule has 0 saturated carbocycles. The van der Waals surface area contributed by atoms with Gasteiger partial charge >= 0.3 is 12.1 Å². The molecule has 1 fully saturated rings. The second kappa shape index (κ2) is 9.25. The van der Waals surface area contributed by atoms with Crippen LogP contribution in [-0.2, 0) is 20.9 Å². The molecule has 0 N–H and O–H groups in total. The third-order valence-corrected chi connectivity index (χ3v) is 6.05. The van der Waals surface area contributed by atoms with Crippen LogP contribution in [0.2, 0.25) is 0 Å². The molecule has 0 unspecified atom stereocenters. The Hall–Kier alpha value is -3.28. The molecule has 3 atom stereocenters. The smallest absolute Gasteiger partial charge is 0.410 e. The molecule has 1 saturated heterocycles. The molecule has 4 rings (SSSR count). The van der Waals surface area contributed by atoms with Crippen LogP contribution in [0, 0.1) is 11.8 Å². The second-order valence-electron chi connectivity index (χ2n) is 7.78. The van der Waals surface area contributed by atoms with Crippen LogP contribution in [0.5, 0.6) is 5.75 Å². The molecular formula is C25H27NO5. The van der Waals surface area contributed by atoms with Gasteiger partial charge in [-0.15, -0.1) is 0 Å². The van der Waals surface area contributed by atoms with Gasteiger partial charge in [-0.2, -0.15) is 0 Å². The molecule has 0 bridgehead atoms. The number of fused-ring (bicyclic) bond motifs is 1. The third-order valence-electron chi connectivity index (χ3n) is 6.05. The average molecular weight is 421 g/mol. The van der Waals surface area contributed by atoms with Gasteiger partial charge < -0.3 is 14.2 Å². The monoisotopic (exact) mass is 421 g/mol. The highest BCUT2D eigenvalue weighted by Crippen LogP contribution is 2.47. The van der Waals surface area contributed by atoms with Crippen molar-refractivity contribution in [2.24, 2.45) is 11.8 Å². The Morgan fingerprint density at radius 1 is 1.03 bits per heavy atom.